The van der Waals surface area contributed by atoms with Crippen molar-refractivity contribution in [3.63, 3.8) is 0 Å². The van der Waals surface area contributed by atoms with Crippen LogP contribution < -0.4 is 5.56 Å². The second kappa shape index (κ2) is 4.86. The highest BCUT2D eigenvalue weighted by Gasteiger charge is 2.18. The Hall–Kier alpha value is -1.85. The maximum absolute atomic E-state index is 12.6. The average Bonchev–Trinajstić information content (AvgIpc) is 3.10. The summed E-state index contributed by atoms with van der Waals surface area (Å²) < 4.78 is 7.20. The van der Waals surface area contributed by atoms with E-state index >= 15 is 0 Å². The zero-order chi connectivity index (χ0) is 14.4. The molecule has 1 unspecified atom stereocenters. The fraction of sp³-hybridized carbons (Fsp3) is 0.333. The number of halogens is 1. The molecule has 1 aliphatic heterocycles. The number of H-pyrrole nitrogens is 1. The summed E-state index contributed by atoms with van der Waals surface area (Å²) in [6.07, 6.45) is 3.73. The lowest BCUT2D eigenvalue weighted by Gasteiger charge is -2.10. The minimum atomic E-state index is -0.0808. The standard InChI is InChI=1S/C15H14ClN3O2/c16-10-4-1-5-11-12(10)13-14(18-11)15(20)19(8-17-13)7-9-3-2-6-21-9/h1,4-5,8-9,18H,2-3,6-7H2. The third-order valence-electron chi connectivity index (χ3n) is 3.97. The number of benzene rings is 1. The van der Waals surface area contributed by atoms with Crippen molar-refractivity contribution in [1.29, 1.82) is 0 Å². The summed E-state index contributed by atoms with van der Waals surface area (Å²) in [7, 11) is 0. The van der Waals surface area contributed by atoms with E-state index < -0.39 is 0 Å². The van der Waals surface area contributed by atoms with Crippen molar-refractivity contribution in [3.05, 3.63) is 39.9 Å². The lowest BCUT2D eigenvalue weighted by atomic mass is 10.2. The Bertz CT molecular complexity index is 878. The Kier molecular flexibility index (Phi) is 2.97. The normalized spacial score (nSPS) is 18.8. The smallest absolute Gasteiger partial charge is 0.277 e. The van der Waals surface area contributed by atoms with E-state index in [-0.39, 0.29) is 11.7 Å². The summed E-state index contributed by atoms with van der Waals surface area (Å²) in [5, 5.41) is 1.40. The second-order valence-electron chi connectivity index (χ2n) is 5.35. The molecule has 4 rings (SSSR count). The van der Waals surface area contributed by atoms with Crippen LogP contribution in [-0.2, 0) is 11.3 Å². The summed E-state index contributed by atoms with van der Waals surface area (Å²) in [4.78, 5) is 20.1. The third-order valence-corrected chi connectivity index (χ3v) is 4.29. The van der Waals surface area contributed by atoms with Gasteiger partial charge in [0, 0.05) is 17.5 Å². The lowest BCUT2D eigenvalue weighted by Crippen LogP contribution is -2.26. The Morgan fingerprint density at radius 2 is 2.38 bits per heavy atom. The van der Waals surface area contributed by atoms with Crippen LogP contribution in [0.15, 0.2) is 29.3 Å². The van der Waals surface area contributed by atoms with Crippen LogP contribution in [0.4, 0.5) is 0 Å². The molecule has 1 aliphatic rings. The molecule has 1 aromatic carbocycles. The first-order chi connectivity index (χ1) is 10.2. The lowest BCUT2D eigenvalue weighted by molar-refractivity contribution is 0.0960. The highest BCUT2D eigenvalue weighted by Crippen LogP contribution is 2.28. The Labute approximate surface area is 125 Å². The van der Waals surface area contributed by atoms with E-state index in [0.29, 0.717) is 22.6 Å². The quantitative estimate of drug-likeness (QED) is 0.792. The number of aromatic amines is 1. The van der Waals surface area contributed by atoms with Gasteiger partial charge in [-0.25, -0.2) is 4.98 Å². The molecule has 1 saturated heterocycles. The zero-order valence-corrected chi connectivity index (χ0v) is 12.1. The Balaban J connectivity index is 1.88. The van der Waals surface area contributed by atoms with Gasteiger partial charge in [-0.3, -0.25) is 9.36 Å². The fourth-order valence-corrected chi connectivity index (χ4v) is 3.20. The summed E-state index contributed by atoms with van der Waals surface area (Å²) >= 11 is 6.22. The summed E-state index contributed by atoms with van der Waals surface area (Å²) in [6, 6.07) is 5.55. The van der Waals surface area contributed by atoms with E-state index in [9.17, 15) is 4.79 Å². The number of rotatable bonds is 2. The fourth-order valence-electron chi connectivity index (χ4n) is 2.93. The predicted molar refractivity (Wildman–Crippen MR) is 81.8 cm³/mol. The number of hydrogen-bond donors (Lipinski definition) is 1. The largest absolute Gasteiger partial charge is 0.376 e. The second-order valence-corrected chi connectivity index (χ2v) is 5.76. The van der Waals surface area contributed by atoms with Crippen LogP contribution in [0.3, 0.4) is 0 Å². The predicted octanol–water partition coefficient (Wildman–Crippen LogP) is 2.71. The maximum atomic E-state index is 12.6. The number of nitrogens with zero attached hydrogens (tertiary/aromatic N) is 2. The van der Waals surface area contributed by atoms with Gasteiger partial charge in [0.2, 0.25) is 0 Å². The molecule has 1 atom stereocenters. The summed E-state index contributed by atoms with van der Waals surface area (Å²) in [5.74, 6) is 0. The van der Waals surface area contributed by atoms with Crippen LogP contribution in [0, 0.1) is 0 Å². The van der Waals surface area contributed by atoms with E-state index in [4.69, 9.17) is 16.3 Å². The number of aromatic nitrogens is 3. The molecule has 21 heavy (non-hydrogen) atoms. The van der Waals surface area contributed by atoms with Crippen molar-refractivity contribution in [3.8, 4) is 0 Å². The highest BCUT2D eigenvalue weighted by atomic mass is 35.5. The molecule has 1 fully saturated rings. The van der Waals surface area contributed by atoms with Crippen molar-refractivity contribution >= 4 is 33.5 Å². The van der Waals surface area contributed by atoms with E-state index in [1.165, 1.54) is 0 Å². The highest BCUT2D eigenvalue weighted by molar-refractivity contribution is 6.37. The first-order valence-corrected chi connectivity index (χ1v) is 7.39. The van der Waals surface area contributed by atoms with Gasteiger partial charge in [0.1, 0.15) is 11.0 Å². The van der Waals surface area contributed by atoms with Gasteiger partial charge in [-0.05, 0) is 25.0 Å². The topological polar surface area (TPSA) is 59.9 Å². The van der Waals surface area contributed by atoms with Gasteiger partial charge in [-0.15, -0.1) is 0 Å². The van der Waals surface area contributed by atoms with Crippen LogP contribution in [0.5, 0.6) is 0 Å². The molecule has 0 amide bonds. The van der Waals surface area contributed by atoms with Gasteiger partial charge in [0.15, 0.2) is 0 Å². The Morgan fingerprint density at radius 1 is 1.48 bits per heavy atom. The van der Waals surface area contributed by atoms with Crippen molar-refractivity contribution in [2.75, 3.05) is 6.61 Å². The van der Waals surface area contributed by atoms with Gasteiger partial charge in [0.05, 0.1) is 24.0 Å². The number of ether oxygens (including phenoxy) is 1. The number of nitrogens with one attached hydrogen (secondary N) is 1. The molecule has 108 valence electrons. The first-order valence-electron chi connectivity index (χ1n) is 7.01. The van der Waals surface area contributed by atoms with E-state index in [0.717, 1.165) is 30.4 Å². The number of hydrogen-bond acceptors (Lipinski definition) is 3. The van der Waals surface area contributed by atoms with Crippen LogP contribution in [0.2, 0.25) is 5.02 Å². The molecular weight excluding hydrogens is 290 g/mol. The van der Waals surface area contributed by atoms with Crippen LogP contribution >= 0.6 is 11.6 Å². The molecule has 2 aromatic heterocycles. The van der Waals surface area contributed by atoms with Crippen LogP contribution in [-0.4, -0.2) is 27.2 Å². The van der Waals surface area contributed by atoms with E-state index in [1.807, 2.05) is 12.1 Å². The molecule has 0 aliphatic carbocycles. The molecule has 0 spiro atoms. The maximum Gasteiger partial charge on any atom is 0.277 e. The van der Waals surface area contributed by atoms with Crippen molar-refractivity contribution in [2.24, 2.45) is 0 Å². The molecule has 0 radical (unpaired) electrons. The molecule has 5 nitrogen and oxygen atoms in total. The van der Waals surface area contributed by atoms with Crippen molar-refractivity contribution in [1.82, 2.24) is 14.5 Å². The summed E-state index contributed by atoms with van der Waals surface area (Å²) in [5.41, 5.74) is 1.88. The van der Waals surface area contributed by atoms with E-state index in [2.05, 4.69) is 9.97 Å². The minimum Gasteiger partial charge on any atom is -0.376 e. The van der Waals surface area contributed by atoms with E-state index in [1.54, 1.807) is 17.0 Å². The average molecular weight is 304 g/mol. The minimum absolute atomic E-state index is 0.0808. The first kappa shape index (κ1) is 12.9. The molecule has 3 aromatic rings. The van der Waals surface area contributed by atoms with Crippen LogP contribution in [0.25, 0.3) is 21.9 Å². The SMILES string of the molecule is O=c1c2[nH]c3cccc(Cl)c3c2ncn1CC1CCCO1. The molecular formula is C15H14ClN3O2. The molecule has 1 N–H and O–H groups in total. The van der Waals surface area contributed by atoms with Gasteiger partial charge >= 0.3 is 0 Å². The monoisotopic (exact) mass is 303 g/mol. The molecule has 6 heteroatoms. The molecule has 3 heterocycles. The zero-order valence-electron chi connectivity index (χ0n) is 11.3. The Morgan fingerprint density at radius 3 is 3.19 bits per heavy atom. The van der Waals surface area contributed by atoms with Gasteiger partial charge < -0.3 is 9.72 Å². The van der Waals surface area contributed by atoms with Crippen LogP contribution in [0.1, 0.15) is 12.8 Å². The number of fused-ring (bicyclic) bond motifs is 3. The third kappa shape index (κ3) is 2.04. The van der Waals surface area contributed by atoms with Crippen molar-refractivity contribution < 1.29 is 4.74 Å². The summed E-state index contributed by atoms with van der Waals surface area (Å²) in [6.45, 7) is 1.32. The van der Waals surface area contributed by atoms with Gasteiger partial charge in [0.25, 0.3) is 5.56 Å². The van der Waals surface area contributed by atoms with Gasteiger partial charge in [-0.1, -0.05) is 17.7 Å². The van der Waals surface area contributed by atoms with Crippen molar-refractivity contribution in [2.45, 2.75) is 25.5 Å². The molecule has 0 saturated carbocycles. The van der Waals surface area contributed by atoms with Gasteiger partial charge in [-0.2, -0.15) is 0 Å². The molecule has 0 bridgehead atoms.